The van der Waals surface area contributed by atoms with Crippen LogP contribution in [-0.2, 0) is 16.5 Å². The maximum absolute atomic E-state index is 10.6. The molecular formula is C11H13BrO3S. The largest absolute Gasteiger partial charge is 0.492 e. The van der Waals surface area contributed by atoms with Crippen LogP contribution in [0.5, 0.6) is 5.75 Å². The molecule has 0 spiro atoms. The van der Waals surface area contributed by atoms with Crippen LogP contribution in [0.1, 0.15) is 18.4 Å². The number of hydrogen-bond acceptors (Lipinski definition) is 3. The molecule has 2 rings (SSSR count). The molecule has 0 unspecified atom stereocenters. The third-order valence-electron chi connectivity index (χ3n) is 2.48. The fourth-order valence-electron chi connectivity index (χ4n) is 1.40. The van der Waals surface area contributed by atoms with Crippen molar-refractivity contribution in [3.63, 3.8) is 0 Å². The summed E-state index contributed by atoms with van der Waals surface area (Å²) in [5, 5.41) is 0. The summed E-state index contributed by atoms with van der Waals surface area (Å²) in [6.45, 7) is 0.758. The first-order valence-electron chi connectivity index (χ1n) is 5.18. The Morgan fingerprint density at radius 3 is 2.69 bits per heavy atom. The summed E-state index contributed by atoms with van der Waals surface area (Å²) in [6, 6.07) is 5.41. The molecule has 0 saturated heterocycles. The van der Waals surface area contributed by atoms with Gasteiger partial charge in [0.15, 0.2) is 0 Å². The van der Waals surface area contributed by atoms with E-state index in [1.54, 1.807) is 12.1 Å². The van der Waals surface area contributed by atoms with Crippen LogP contribution in [0.25, 0.3) is 0 Å². The van der Waals surface area contributed by atoms with E-state index >= 15 is 0 Å². The lowest BCUT2D eigenvalue weighted by Crippen LogP contribution is -1.99. The maximum Gasteiger partial charge on any atom is 0.144 e. The number of halogens is 1. The zero-order valence-corrected chi connectivity index (χ0v) is 11.2. The van der Waals surface area contributed by atoms with Crippen LogP contribution in [0, 0.1) is 5.92 Å². The average Bonchev–Trinajstić information content (AvgIpc) is 2.99. The molecule has 3 nitrogen and oxygen atoms in total. The molecule has 1 saturated carbocycles. The Morgan fingerprint density at radius 2 is 2.12 bits per heavy atom. The van der Waals surface area contributed by atoms with E-state index in [1.165, 1.54) is 12.8 Å². The number of thiol groups is 1. The van der Waals surface area contributed by atoms with Crippen LogP contribution in [0.3, 0.4) is 0 Å². The molecule has 16 heavy (non-hydrogen) atoms. The second kappa shape index (κ2) is 5.19. The Kier molecular flexibility index (Phi) is 3.86. The Hall–Kier alpha value is -0.550. The number of ether oxygens (including phenoxy) is 1. The van der Waals surface area contributed by atoms with Crippen LogP contribution >= 0.6 is 15.9 Å². The number of hydrogen-bond donors (Lipinski definition) is 1. The normalized spacial score (nSPS) is 15.4. The van der Waals surface area contributed by atoms with E-state index in [2.05, 4.69) is 15.9 Å². The highest BCUT2D eigenvalue weighted by molar-refractivity contribution is 9.10. The van der Waals surface area contributed by atoms with Gasteiger partial charge in [-0.05, 0) is 52.4 Å². The van der Waals surface area contributed by atoms with Crippen molar-refractivity contribution in [1.82, 2.24) is 0 Å². The minimum absolute atomic E-state index is 0.0802. The van der Waals surface area contributed by atoms with E-state index in [4.69, 9.17) is 4.74 Å². The predicted octanol–water partition coefficient (Wildman–Crippen LogP) is 2.35. The summed E-state index contributed by atoms with van der Waals surface area (Å²) in [5.74, 6) is 1.58. The predicted molar refractivity (Wildman–Crippen MR) is 66.4 cm³/mol. The standard InChI is InChI=1S/C11H13BrO3S/c12-10-5-9(7-16(13)14)3-4-11(10)15-6-8-1-2-8/h3-5,8,16H,1-2,6-7H2. The van der Waals surface area contributed by atoms with Gasteiger partial charge < -0.3 is 4.74 Å². The van der Waals surface area contributed by atoms with Gasteiger partial charge in [0.1, 0.15) is 16.5 Å². The molecule has 1 aliphatic carbocycles. The quantitative estimate of drug-likeness (QED) is 0.849. The summed E-state index contributed by atoms with van der Waals surface area (Å²) in [4.78, 5) is 0. The van der Waals surface area contributed by atoms with Crippen molar-refractivity contribution in [3.8, 4) is 5.75 Å². The molecule has 1 fully saturated rings. The van der Waals surface area contributed by atoms with Gasteiger partial charge in [-0.3, -0.25) is 0 Å². The molecule has 0 N–H and O–H groups in total. The van der Waals surface area contributed by atoms with Crippen molar-refractivity contribution >= 4 is 26.6 Å². The zero-order valence-electron chi connectivity index (χ0n) is 8.69. The minimum atomic E-state index is -2.37. The fraction of sp³-hybridized carbons (Fsp3) is 0.455. The second-order valence-corrected chi connectivity index (χ2v) is 5.85. The molecule has 1 aliphatic rings. The van der Waals surface area contributed by atoms with E-state index in [0.29, 0.717) is 5.92 Å². The second-order valence-electron chi connectivity index (χ2n) is 4.01. The Bertz CT molecular complexity index is 445. The molecular weight excluding hydrogens is 292 g/mol. The highest BCUT2D eigenvalue weighted by Gasteiger charge is 2.22. The summed E-state index contributed by atoms with van der Waals surface area (Å²) in [7, 11) is -2.37. The van der Waals surface area contributed by atoms with Crippen LogP contribution < -0.4 is 4.74 Å². The van der Waals surface area contributed by atoms with E-state index in [1.807, 2.05) is 6.07 Å². The molecule has 1 aromatic rings. The van der Waals surface area contributed by atoms with E-state index in [0.717, 1.165) is 22.4 Å². The molecule has 0 radical (unpaired) electrons. The van der Waals surface area contributed by atoms with Crippen molar-refractivity contribution in [2.75, 3.05) is 6.61 Å². The first kappa shape index (κ1) is 11.9. The van der Waals surface area contributed by atoms with Crippen molar-refractivity contribution in [2.24, 2.45) is 5.92 Å². The van der Waals surface area contributed by atoms with E-state index < -0.39 is 10.7 Å². The first-order valence-corrected chi connectivity index (χ1v) is 7.34. The molecule has 5 heteroatoms. The molecule has 0 aliphatic heterocycles. The summed E-state index contributed by atoms with van der Waals surface area (Å²) >= 11 is 3.39. The van der Waals surface area contributed by atoms with Gasteiger partial charge in [0.25, 0.3) is 0 Å². The van der Waals surface area contributed by atoms with Crippen molar-refractivity contribution in [1.29, 1.82) is 0 Å². The Labute approximate surface area is 105 Å². The minimum Gasteiger partial charge on any atom is -0.492 e. The molecule has 0 amide bonds. The number of rotatable bonds is 5. The van der Waals surface area contributed by atoms with Crippen LogP contribution in [0.4, 0.5) is 0 Å². The van der Waals surface area contributed by atoms with Crippen LogP contribution in [0.15, 0.2) is 22.7 Å². The maximum atomic E-state index is 10.6. The topological polar surface area (TPSA) is 43.4 Å². The molecule has 88 valence electrons. The summed E-state index contributed by atoms with van der Waals surface area (Å²) < 4.78 is 27.6. The lowest BCUT2D eigenvalue weighted by atomic mass is 10.2. The lowest BCUT2D eigenvalue weighted by molar-refractivity contribution is 0.298. The van der Waals surface area contributed by atoms with Gasteiger partial charge in [-0.25, -0.2) is 8.42 Å². The lowest BCUT2D eigenvalue weighted by Gasteiger charge is -2.08. The number of benzene rings is 1. The third kappa shape index (κ3) is 3.49. The van der Waals surface area contributed by atoms with Gasteiger partial charge in [-0.2, -0.15) is 0 Å². The zero-order chi connectivity index (χ0) is 11.5. The van der Waals surface area contributed by atoms with Gasteiger partial charge >= 0.3 is 0 Å². The van der Waals surface area contributed by atoms with Crippen molar-refractivity contribution in [2.45, 2.75) is 18.6 Å². The highest BCUT2D eigenvalue weighted by atomic mass is 79.9. The summed E-state index contributed by atoms with van der Waals surface area (Å²) in [6.07, 6.45) is 2.51. The fourth-order valence-corrected chi connectivity index (χ4v) is 2.44. The third-order valence-corrected chi connectivity index (χ3v) is 3.72. The van der Waals surface area contributed by atoms with Crippen LogP contribution in [0.2, 0.25) is 0 Å². The van der Waals surface area contributed by atoms with Gasteiger partial charge in [-0.1, -0.05) is 6.07 Å². The highest BCUT2D eigenvalue weighted by Crippen LogP contribution is 2.32. The molecule has 1 aromatic carbocycles. The summed E-state index contributed by atoms with van der Waals surface area (Å²) in [5.41, 5.74) is 0.779. The molecule has 0 aromatic heterocycles. The van der Waals surface area contributed by atoms with Gasteiger partial charge in [-0.15, -0.1) is 0 Å². The first-order chi connectivity index (χ1) is 7.65. The smallest absolute Gasteiger partial charge is 0.144 e. The Balaban J connectivity index is 2.02. The van der Waals surface area contributed by atoms with E-state index in [-0.39, 0.29) is 5.75 Å². The molecule has 0 bridgehead atoms. The van der Waals surface area contributed by atoms with Crippen molar-refractivity contribution in [3.05, 3.63) is 28.2 Å². The average molecular weight is 305 g/mol. The molecule has 0 heterocycles. The van der Waals surface area contributed by atoms with Crippen LogP contribution in [-0.4, -0.2) is 15.0 Å². The van der Waals surface area contributed by atoms with Gasteiger partial charge in [0.2, 0.25) is 0 Å². The SMILES string of the molecule is O=[SH](=O)Cc1ccc(OCC2CC2)c(Br)c1. The Morgan fingerprint density at radius 1 is 1.38 bits per heavy atom. The van der Waals surface area contributed by atoms with Crippen molar-refractivity contribution < 1.29 is 13.2 Å². The monoisotopic (exact) mass is 304 g/mol. The van der Waals surface area contributed by atoms with Gasteiger partial charge in [0, 0.05) is 0 Å². The molecule has 0 atom stereocenters. The van der Waals surface area contributed by atoms with E-state index in [9.17, 15) is 8.42 Å². The van der Waals surface area contributed by atoms with Gasteiger partial charge in [0.05, 0.1) is 16.8 Å².